The molecule has 0 aliphatic heterocycles. The molecule has 4 aliphatic rings. The topological polar surface area (TPSA) is 174 Å². The first kappa shape index (κ1) is 30.8. The van der Waals surface area contributed by atoms with E-state index in [1.54, 1.807) is 5.92 Å². The van der Waals surface area contributed by atoms with Crippen molar-refractivity contribution in [2.75, 3.05) is 39.5 Å². The van der Waals surface area contributed by atoms with E-state index in [-0.39, 0.29) is 29.1 Å². The normalized spacial score (nSPS) is 37.4. The van der Waals surface area contributed by atoms with Gasteiger partial charge in [-0.3, -0.25) is 0 Å². The molecule has 0 aromatic heterocycles. The Kier molecular flexibility index (Phi) is 10.5. The fourth-order valence-electron chi connectivity index (χ4n) is 8.93. The summed E-state index contributed by atoms with van der Waals surface area (Å²) in [6.45, 7) is 11.8. The molecule has 0 bridgehead atoms. The Morgan fingerprint density at radius 1 is 0.825 bits per heavy atom. The van der Waals surface area contributed by atoms with Crippen LogP contribution in [0, 0.1) is 46.3 Å². The van der Waals surface area contributed by atoms with Crippen LogP contribution in [0.2, 0.25) is 0 Å². The van der Waals surface area contributed by atoms with Crippen LogP contribution < -0.4 is 0 Å². The van der Waals surface area contributed by atoms with Crippen molar-refractivity contribution in [2.24, 2.45) is 49.8 Å². The lowest BCUT2D eigenvalue weighted by molar-refractivity contribution is -0.150. The van der Waals surface area contributed by atoms with Gasteiger partial charge in [0.1, 0.15) is 0 Å². The van der Waals surface area contributed by atoms with Gasteiger partial charge in [-0.2, -0.15) is 0 Å². The van der Waals surface area contributed by atoms with E-state index in [2.05, 4.69) is 57.8 Å². The summed E-state index contributed by atoms with van der Waals surface area (Å²) in [5.41, 5.74) is 26.2. The zero-order valence-electron chi connectivity index (χ0n) is 24.5. The maximum atomic E-state index is 8.80. The minimum absolute atomic E-state index is 0.0108. The third-order valence-electron chi connectivity index (χ3n) is 10.7. The smallest absolute Gasteiger partial charge is 0.0649 e. The minimum atomic E-state index is -0.0157. The highest BCUT2D eigenvalue weighted by atomic mass is 16.5. The number of hydrogen-bond acceptors (Lipinski definition) is 6. The number of azide groups is 3. The van der Waals surface area contributed by atoms with Gasteiger partial charge in [0.2, 0.25) is 0 Å². The Labute approximate surface area is 237 Å². The van der Waals surface area contributed by atoms with Gasteiger partial charge in [0.25, 0.3) is 0 Å². The molecular weight excluding hydrogens is 510 g/mol. The molecule has 8 atom stereocenters. The molecule has 4 aliphatic carbocycles. The lowest BCUT2D eigenvalue weighted by Gasteiger charge is -2.64. The SMILES string of the molecule is CC(C)C1CCC2[C]3C(OCCN=[N+]=[N-])C[C]4CC(OCCN=[N+]=[N-])CCC4(C)C3CC(OCCN=[N+]=[N-])C21C. The van der Waals surface area contributed by atoms with Crippen LogP contribution in [0.15, 0.2) is 15.3 Å². The Bertz CT molecular complexity index is 1010. The summed E-state index contributed by atoms with van der Waals surface area (Å²) < 4.78 is 19.4. The van der Waals surface area contributed by atoms with Gasteiger partial charge in [0, 0.05) is 45.7 Å². The second-order valence-corrected chi connectivity index (χ2v) is 12.7. The standard InChI is InChI=1S/C28H45N9O3/c1-18(2)21-5-6-22-26-23(17-25(28(21,22)4)40-14-11-34-37-31)27(3)8-7-20(38-12-9-32-35-29)15-19(27)16-24(26)39-13-10-33-36-30/h18,20-25H,5-17H2,1-4H3. The van der Waals surface area contributed by atoms with Crippen LogP contribution in [-0.2, 0) is 14.2 Å². The molecule has 0 aromatic carbocycles. The van der Waals surface area contributed by atoms with Crippen LogP contribution in [-0.4, -0.2) is 57.8 Å². The first-order valence-electron chi connectivity index (χ1n) is 14.9. The molecule has 2 radical (unpaired) electrons. The van der Waals surface area contributed by atoms with E-state index in [9.17, 15) is 0 Å². The Balaban J connectivity index is 1.63. The molecule has 12 nitrogen and oxygen atoms in total. The summed E-state index contributed by atoms with van der Waals surface area (Å²) >= 11 is 0. The number of hydrogen-bond donors (Lipinski definition) is 0. The molecule has 8 unspecified atom stereocenters. The predicted octanol–water partition coefficient (Wildman–Crippen LogP) is 7.52. The highest BCUT2D eigenvalue weighted by molar-refractivity contribution is 5.32. The third kappa shape index (κ3) is 6.03. The average Bonchev–Trinajstić information content (AvgIpc) is 3.30. The number of ether oxygens (including phenoxy) is 3. The zero-order chi connectivity index (χ0) is 28.8. The molecule has 0 spiro atoms. The molecule has 0 aromatic rings. The summed E-state index contributed by atoms with van der Waals surface area (Å²) in [6.07, 6.45) is 7.18. The zero-order valence-corrected chi connectivity index (χ0v) is 24.5. The third-order valence-corrected chi connectivity index (χ3v) is 10.7. The summed E-state index contributed by atoms with van der Waals surface area (Å²) in [5, 5.41) is 11.1. The first-order chi connectivity index (χ1) is 19.3. The summed E-state index contributed by atoms with van der Waals surface area (Å²) in [7, 11) is 0. The van der Waals surface area contributed by atoms with Crippen molar-refractivity contribution < 1.29 is 14.2 Å². The van der Waals surface area contributed by atoms with Crippen molar-refractivity contribution in [3.05, 3.63) is 43.2 Å². The first-order valence-corrected chi connectivity index (χ1v) is 14.9. The number of fused-ring (bicyclic) bond motifs is 5. The second kappa shape index (κ2) is 13.6. The van der Waals surface area contributed by atoms with Gasteiger partial charge < -0.3 is 14.2 Å². The van der Waals surface area contributed by atoms with Crippen molar-refractivity contribution in [1.82, 2.24) is 0 Å². The summed E-state index contributed by atoms with van der Waals surface area (Å²) in [6, 6.07) is 0. The van der Waals surface area contributed by atoms with E-state index < -0.39 is 0 Å². The van der Waals surface area contributed by atoms with Crippen LogP contribution in [0.1, 0.15) is 72.6 Å². The number of nitrogens with zero attached hydrogens (tertiary/aromatic N) is 9. The summed E-state index contributed by atoms with van der Waals surface area (Å²) in [5.74, 6) is 4.85. The van der Waals surface area contributed by atoms with Gasteiger partial charge >= 0.3 is 0 Å². The fourth-order valence-corrected chi connectivity index (χ4v) is 8.93. The van der Waals surface area contributed by atoms with Crippen LogP contribution in [0.25, 0.3) is 31.3 Å². The Morgan fingerprint density at radius 3 is 2.08 bits per heavy atom. The second-order valence-electron chi connectivity index (χ2n) is 12.7. The largest absolute Gasteiger partial charge is 0.378 e. The molecule has 0 N–H and O–H groups in total. The van der Waals surface area contributed by atoms with E-state index in [1.165, 1.54) is 12.3 Å². The minimum Gasteiger partial charge on any atom is -0.378 e. The number of rotatable bonds is 13. The lowest BCUT2D eigenvalue weighted by atomic mass is 9.43. The van der Waals surface area contributed by atoms with Crippen molar-refractivity contribution in [1.29, 1.82) is 0 Å². The van der Waals surface area contributed by atoms with Crippen molar-refractivity contribution in [3.63, 3.8) is 0 Å². The fraction of sp³-hybridized carbons (Fsp3) is 0.929. The molecule has 0 heterocycles. The molecule has 40 heavy (non-hydrogen) atoms. The molecule has 12 heteroatoms. The highest BCUT2D eigenvalue weighted by Gasteiger charge is 2.66. The van der Waals surface area contributed by atoms with Crippen LogP contribution in [0.5, 0.6) is 0 Å². The van der Waals surface area contributed by atoms with Crippen molar-refractivity contribution in [2.45, 2.75) is 91.0 Å². The molecular formula is C28H45N9O3. The molecule has 0 saturated heterocycles. The van der Waals surface area contributed by atoms with Crippen LogP contribution >= 0.6 is 0 Å². The van der Waals surface area contributed by atoms with Crippen molar-refractivity contribution >= 4 is 0 Å². The van der Waals surface area contributed by atoms with Gasteiger partial charge in [-0.25, -0.2) is 0 Å². The molecule has 0 amide bonds. The van der Waals surface area contributed by atoms with Gasteiger partial charge in [-0.1, -0.05) is 43.0 Å². The Hall–Kier alpha value is -2.19. The average molecular weight is 556 g/mol. The van der Waals surface area contributed by atoms with E-state index in [0.717, 1.165) is 38.5 Å². The van der Waals surface area contributed by atoms with Crippen LogP contribution in [0.4, 0.5) is 0 Å². The predicted molar refractivity (Wildman–Crippen MR) is 152 cm³/mol. The van der Waals surface area contributed by atoms with Gasteiger partial charge in [0.05, 0.1) is 38.1 Å². The maximum absolute atomic E-state index is 8.80. The van der Waals surface area contributed by atoms with Crippen LogP contribution in [0.3, 0.4) is 0 Å². The van der Waals surface area contributed by atoms with Crippen molar-refractivity contribution in [3.8, 4) is 0 Å². The Morgan fingerprint density at radius 2 is 1.45 bits per heavy atom. The monoisotopic (exact) mass is 555 g/mol. The quantitative estimate of drug-likeness (QED) is 0.0990. The highest BCUT2D eigenvalue weighted by Crippen LogP contribution is 2.70. The molecule has 4 saturated carbocycles. The molecule has 4 fully saturated rings. The molecule has 220 valence electrons. The maximum Gasteiger partial charge on any atom is 0.0649 e. The lowest BCUT2D eigenvalue weighted by Crippen LogP contribution is -2.62. The van der Waals surface area contributed by atoms with E-state index >= 15 is 0 Å². The van der Waals surface area contributed by atoms with Gasteiger partial charge in [-0.15, -0.1) is 0 Å². The van der Waals surface area contributed by atoms with E-state index in [1.807, 2.05) is 0 Å². The van der Waals surface area contributed by atoms with Gasteiger partial charge in [-0.05, 0) is 96.5 Å². The van der Waals surface area contributed by atoms with E-state index in [0.29, 0.717) is 63.1 Å². The van der Waals surface area contributed by atoms with E-state index in [4.69, 9.17) is 30.8 Å². The molecule has 4 rings (SSSR count). The summed E-state index contributed by atoms with van der Waals surface area (Å²) in [4.78, 5) is 8.67. The van der Waals surface area contributed by atoms with Gasteiger partial charge in [0.15, 0.2) is 0 Å².